The Morgan fingerprint density at radius 3 is 2.49 bits per heavy atom. The summed E-state index contributed by atoms with van der Waals surface area (Å²) < 4.78 is 71.5. The maximum Gasteiger partial charge on any atom is 0.456 e. The van der Waals surface area contributed by atoms with Gasteiger partial charge in [-0.3, -0.25) is 9.78 Å². The van der Waals surface area contributed by atoms with Crippen molar-refractivity contribution in [2.75, 3.05) is 5.32 Å². The third-order valence-corrected chi connectivity index (χ3v) is 10.3. The molecule has 5 atom stereocenters. The van der Waals surface area contributed by atoms with Gasteiger partial charge < -0.3 is 10.4 Å². The standard InChI is InChI=1S/C32H33F5N2O2/c1-29-16-26(20-6-4-19(5-7-20)17-39-22-3-2-14-38-18-22)28-24-11-9-23(40)15-21(24)8-10-25(28)27(29)12-13-30(29,41)31(33,34)32(35,36)37/h2-7,14-15,18,25-27,39,41H,8-13,16-17H2,1H3/t25?,26-,27?,29?,30+/m1/s1. The monoisotopic (exact) mass is 572 g/mol. The summed E-state index contributed by atoms with van der Waals surface area (Å²) in [5.74, 6) is -6.37. The molecule has 4 nitrogen and oxygen atoms in total. The highest BCUT2D eigenvalue weighted by molar-refractivity contribution is 5.93. The molecule has 6 rings (SSSR count). The van der Waals surface area contributed by atoms with E-state index in [4.69, 9.17) is 0 Å². The minimum Gasteiger partial charge on any atom is -0.383 e. The predicted molar refractivity (Wildman–Crippen MR) is 144 cm³/mol. The van der Waals surface area contributed by atoms with Crippen molar-refractivity contribution in [1.29, 1.82) is 0 Å². The summed E-state index contributed by atoms with van der Waals surface area (Å²) in [4.78, 5) is 16.3. The number of aliphatic hydroxyl groups is 1. The molecule has 0 spiro atoms. The average molecular weight is 573 g/mol. The van der Waals surface area contributed by atoms with Crippen molar-refractivity contribution in [3.63, 3.8) is 0 Å². The SMILES string of the molecule is CC12C[C@H](c3ccc(CNc4cccnc4)cc3)C3=C4CCC(=O)C=C4CCC3C1CC[C@@]2(O)C(F)(F)C(F)(F)F. The number of hydrogen-bond donors (Lipinski definition) is 2. The first-order valence-electron chi connectivity index (χ1n) is 14.2. The zero-order valence-electron chi connectivity index (χ0n) is 22.8. The van der Waals surface area contributed by atoms with Crippen molar-refractivity contribution in [2.24, 2.45) is 17.3 Å². The molecule has 0 bridgehead atoms. The van der Waals surface area contributed by atoms with E-state index < -0.39 is 41.4 Å². The third-order valence-electron chi connectivity index (χ3n) is 10.3. The molecule has 9 heteroatoms. The highest BCUT2D eigenvalue weighted by Gasteiger charge is 2.79. The first kappa shape index (κ1) is 28.1. The molecular formula is C32H33F5N2O2. The first-order valence-corrected chi connectivity index (χ1v) is 14.2. The highest BCUT2D eigenvalue weighted by Crippen LogP contribution is 2.70. The number of aromatic nitrogens is 1. The number of carbonyl (C=O) groups is 1. The van der Waals surface area contributed by atoms with E-state index in [2.05, 4.69) is 10.3 Å². The Balaban J connectivity index is 1.41. The molecular weight excluding hydrogens is 539 g/mol. The fourth-order valence-corrected chi connectivity index (χ4v) is 8.25. The fraction of sp³-hybridized carbons (Fsp3) is 0.500. The number of anilines is 1. The second kappa shape index (κ2) is 9.75. The van der Waals surface area contributed by atoms with E-state index in [0.717, 1.165) is 33.5 Å². The molecule has 2 aromatic rings. The maximum atomic E-state index is 15.1. The molecule has 4 aliphatic carbocycles. The lowest BCUT2D eigenvalue weighted by molar-refractivity contribution is -0.362. The summed E-state index contributed by atoms with van der Waals surface area (Å²) in [6.07, 6.45) is 0.751. The van der Waals surface area contributed by atoms with Crippen LogP contribution >= 0.6 is 0 Å². The smallest absolute Gasteiger partial charge is 0.383 e. The average Bonchev–Trinajstić information content (AvgIpc) is 3.23. The number of pyridine rings is 1. The Bertz CT molecular complexity index is 1400. The van der Waals surface area contributed by atoms with Gasteiger partial charge in [-0.15, -0.1) is 0 Å². The second-order valence-corrected chi connectivity index (χ2v) is 12.3. The van der Waals surface area contributed by atoms with E-state index in [1.165, 1.54) is 6.92 Å². The zero-order chi connectivity index (χ0) is 29.2. The van der Waals surface area contributed by atoms with Gasteiger partial charge in [-0.2, -0.15) is 22.0 Å². The van der Waals surface area contributed by atoms with Crippen LogP contribution in [0.2, 0.25) is 0 Å². The number of allylic oxidation sites excluding steroid dienone is 4. The van der Waals surface area contributed by atoms with E-state index in [9.17, 15) is 23.1 Å². The number of carbonyl (C=O) groups excluding carboxylic acids is 1. The second-order valence-electron chi connectivity index (χ2n) is 12.3. The molecule has 2 saturated carbocycles. The van der Waals surface area contributed by atoms with E-state index in [1.807, 2.05) is 36.4 Å². The number of nitrogens with zero attached hydrogens (tertiary/aromatic N) is 1. The first-order chi connectivity index (χ1) is 19.4. The summed E-state index contributed by atoms with van der Waals surface area (Å²) in [6, 6.07) is 11.4. The molecule has 4 aliphatic rings. The third kappa shape index (κ3) is 4.34. The van der Waals surface area contributed by atoms with Gasteiger partial charge in [-0.25, -0.2) is 0 Å². The van der Waals surface area contributed by atoms with Gasteiger partial charge in [0.15, 0.2) is 5.78 Å². The van der Waals surface area contributed by atoms with Crippen LogP contribution in [0, 0.1) is 17.3 Å². The van der Waals surface area contributed by atoms with Gasteiger partial charge in [0.05, 0.1) is 5.69 Å². The molecule has 1 aromatic heterocycles. The van der Waals surface area contributed by atoms with Crippen molar-refractivity contribution in [1.82, 2.24) is 4.98 Å². The van der Waals surface area contributed by atoms with Gasteiger partial charge in [0, 0.05) is 36.7 Å². The summed E-state index contributed by atoms with van der Waals surface area (Å²) in [6.45, 7) is 1.97. The van der Waals surface area contributed by atoms with Gasteiger partial charge in [-0.1, -0.05) is 36.8 Å². The molecule has 0 radical (unpaired) electrons. The Hall–Kier alpha value is -3.07. The van der Waals surface area contributed by atoms with Crippen molar-refractivity contribution >= 4 is 11.5 Å². The topological polar surface area (TPSA) is 62.2 Å². The van der Waals surface area contributed by atoms with Gasteiger partial charge >= 0.3 is 12.1 Å². The number of benzene rings is 1. The largest absolute Gasteiger partial charge is 0.456 e. The molecule has 218 valence electrons. The van der Waals surface area contributed by atoms with Crippen LogP contribution in [0.15, 0.2) is 71.6 Å². The Morgan fingerprint density at radius 2 is 1.80 bits per heavy atom. The van der Waals surface area contributed by atoms with Gasteiger partial charge in [0.2, 0.25) is 0 Å². The van der Waals surface area contributed by atoms with E-state index >= 15 is 8.78 Å². The molecule has 2 N–H and O–H groups in total. The van der Waals surface area contributed by atoms with Gasteiger partial charge in [-0.05, 0) is 90.8 Å². The molecule has 1 heterocycles. The van der Waals surface area contributed by atoms with Gasteiger partial charge in [0.1, 0.15) is 5.60 Å². The summed E-state index contributed by atoms with van der Waals surface area (Å²) in [5, 5.41) is 14.7. The molecule has 0 saturated heterocycles. The van der Waals surface area contributed by atoms with E-state index in [0.29, 0.717) is 32.2 Å². The van der Waals surface area contributed by atoms with Crippen LogP contribution in [-0.2, 0) is 11.3 Å². The molecule has 41 heavy (non-hydrogen) atoms. The Morgan fingerprint density at radius 1 is 1.05 bits per heavy atom. The number of rotatable bonds is 5. The van der Waals surface area contributed by atoms with Crippen LogP contribution in [-0.4, -0.2) is 33.6 Å². The van der Waals surface area contributed by atoms with E-state index in [1.54, 1.807) is 18.5 Å². The van der Waals surface area contributed by atoms with Crippen LogP contribution in [0.25, 0.3) is 0 Å². The highest BCUT2D eigenvalue weighted by atomic mass is 19.4. The molecule has 1 aromatic carbocycles. The zero-order valence-corrected chi connectivity index (χ0v) is 22.8. The minimum absolute atomic E-state index is 0.0241. The molecule has 0 aliphatic heterocycles. The maximum absolute atomic E-state index is 15.1. The van der Waals surface area contributed by atoms with Crippen molar-refractivity contribution in [3.05, 3.63) is 82.7 Å². The van der Waals surface area contributed by atoms with Crippen molar-refractivity contribution < 1.29 is 31.9 Å². The predicted octanol–water partition coefficient (Wildman–Crippen LogP) is 7.52. The lowest BCUT2D eigenvalue weighted by atomic mass is 9.50. The van der Waals surface area contributed by atoms with Gasteiger partial charge in [0.25, 0.3) is 0 Å². The minimum atomic E-state index is -5.86. The molecule has 2 fully saturated rings. The Kier molecular flexibility index (Phi) is 6.67. The molecule has 3 unspecified atom stereocenters. The summed E-state index contributed by atoms with van der Waals surface area (Å²) in [5.41, 5.74) is 0.891. The fourth-order valence-electron chi connectivity index (χ4n) is 8.25. The van der Waals surface area contributed by atoms with Crippen LogP contribution in [0.5, 0.6) is 0 Å². The normalized spacial score (nSPS) is 31.7. The number of nitrogens with one attached hydrogen (secondary N) is 1. The summed E-state index contributed by atoms with van der Waals surface area (Å²) in [7, 11) is 0. The Labute approximate surface area is 235 Å². The number of alkyl halides is 5. The lowest BCUT2D eigenvalue weighted by Crippen LogP contribution is -2.65. The number of fused-ring (bicyclic) bond motifs is 4. The van der Waals surface area contributed by atoms with Crippen molar-refractivity contribution in [3.8, 4) is 0 Å². The molecule has 0 amide bonds. The van der Waals surface area contributed by atoms with Crippen LogP contribution in [0.4, 0.5) is 27.6 Å². The quantitative estimate of drug-likeness (QED) is 0.364. The van der Waals surface area contributed by atoms with Crippen LogP contribution in [0.3, 0.4) is 0 Å². The number of hydrogen-bond acceptors (Lipinski definition) is 4. The van der Waals surface area contributed by atoms with E-state index in [-0.39, 0.29) is 24.5 Å². The van der Waals surface area contributed by atoms with Crippen LogP contribution in [0.1, 0.15) is 68.9 Å². The number of halogens is 5. The van der Waals surface area contributed by atoms with Crippen LogP contribution < -0.4 is 5.32 Å². The lowest BCUT2D eigenvalue weighted by Gasteiger charge is -2.56. The number of ketones is 1. The summed E-state index contributed by atoms with van der Waals surface area (Å²) >= 11 is 0. The van der Waals surface area contributed by atoms with Crippen molar-refractivity contribution in [2.45, 2.75) is 82.0 Å².